The van der Waals surface area contributed by atoms with Gasteiger partial charge in [0.05, 0.1) is 12.0 Å². The Balaban J connectivity index is 1.51. The lowest BCUT2D eigenvalue weighted by atomic mass is 9.87. The molecule has 0 saturated carbocycles. The van der Waals surface area contributed by atoms with Crippen molar-refractivity contribution in [2.24, 2.45) is 0 Å². The van der Waals surface area contributed by atoms with Gasteiger partial charge < -0.3 is 10.1 Å². The number of hydrogen-bond donors (Lipinski definition) is 1. The lowest BCUT2D eigenvalue weighted by molar-refractivity contribution is -0.122. The van der Waals surface area contributed by atoms with E-state index in [9.17, 15) is 4.79 Å². The van der Waals surface area contributed by atoms with E-state index >= 15 is 0 Å². The van der Waals surface area contributed by atoms with Crippen LogP contribution in [0.3, 0.4) is 0 Å². The summed E-state index contributed by atoms with van der Waals surface area (Å²) in [6, 6.07) is 24.0. The van der Waals surface area contributed by atoms with Crippen molar-refractivity contribution in [1.82, 2.24) is 5.32 Å². The van der Waals surface area contributed by atoms with Crippen molar-refractivity contribution in [3.8, 4) is 11.5 Å². The van der Waals surface area contributed by atoms with Crippen LogP contribution >= 0.6 is 11.8 Å². The Kier molecular flexibility index (Phi) is 4.13. The highest BCUT2D eigenvalue weighted by atomic mass is 32.2. The van der Waals surface area contributed by atoms with Crippen LogP contribution < -0.4 is 10.1 Å². The van der Waals surface area contributed by atoms with Gasteiger partial charge in [-0.1, -0.05) is 54.6 Å². The number of ether oxygens (including phenoxy) is 1. The quantitative estimate of drug-likeness (QED) is 0.664. The molecule has 3 aromatic carbocycles. The highest BCUT2D eigenvalue weighted by Crippen LogP contribution is 2.44. The SMILES string of the molecule is O=C(N[C@H]1CCSc2ccccc21)C1c2ccccc2Oc2ccccc21. The molecule has 0 unspecified atom stereocenters. The van der Waals surface area contributed by atoms with Crippen LogP contribution in [-0.2, 0) is 4.79 Å². The molecule has 0 radical (unpaired) electrons. The summed E-state index contributed by atoms with van der Waals surface area (Å²) in [5, 5.41) is 3.32. The molecule has 3 nitrogen and oxygen atoms in total. The van der Waals surface area contributed by atoms with Gasteiger partial charge in [-0.05, 0) is 30.2 Å². The molecule has 5 rings (SSSR count). The number of carbonyl (C=O) groups excluding carboxylic acids is 1. The second kappa shape index (κ2) is 6.78. The monoisotopic (exact) mass is 373 g/mol. The van der Waals surface area contributed by atoms with Gasteiger partial charge >= 0.3 is 0 Å². The number of fused-ring (bicyclic) bond motifs is 3. The first-order valence-electron chi connectivity index (χ1n) is 9.19. The predicted octanol–water partition coefficient (Wildman–Crippen LogP) is 5.28. The maximum absolute atomic E-state index is 13.4. The van der Waals surface area contributed by atoms with Crippen LogP contribution in [0.15, 0.2) is 77.7 Å². The van der Waals surface area contributed by atoms with E-state index < -0.39 is 0 Å². The van der Waals surface area contributed by atoms with Gasteiger partial charge in [-0.15, -0.1) is 11.8 Å². The fraction of sp³-hybridized carbons (Fsp3) is 0.174. The summed E-state index contributed by atoms with van der Waals surface area (Å²) in [5.74, 6) is 2.22. The van der Waals surface area contributed by atoms with Gasteiger partial charge in [-0.2, -0.15) is 0 Å². The molecular weight excluding hydrogens is 354 g/mol. The van der Waals surface area contributed by atoms with E-state index in [2.05, 4.69) is 23.5 Å². The number of nitrogens with one attached hydrogen (secondary N) is 1. The predicted molar refractivity (Wildman–Crippen MR) is 107 cm³/mol. The van der Waals surface area contributed by atoms with Crippen molar-refractivity contribution in [3.63, 3.8) is 0 Å². The van der Waals surface area contributed by atoms with Crippen LogP contribution in [0.4, 0.5) is 0 Å². The summed E-state index contributed by atoms with van der Waals surface area (Å²) in [6.45, 7) is 0. The molecule has 0 fully saturated rings. The van der Waals surface area contributed by atoms with E-state index in [1.165, 1.54) is 10.5 Å². The zero-order chi connectivity index (χ0) is 18.2. The first-order chi connectivity index (χ1) is 13.3. The fourth-order valence-electron chi connectivity index (χ4n) is 3.94. The number of thioether (sulfide) groups is 1. The zero-order valence-electron chi connectivity index (χ0n) is 14.7. The molecule has 4 heteroatoms. The molecule has 1 amide bonds. The fourth-order valence-corrected chi connectivity index (χ4v) is 5.06. The lowest BCUT2D eigenvalue weighted by Crippen LogP contribution is -2.35. The van der Waals surface area contributed by atoms with E-state index in [0.717, 1.165) is 34.8 Å². The largest absolute Gasteiger partial charge is 0.457 e. The maximum atomic E-state index is 13.4. The summed E-state index contributed by atoms with van der Waals surface area (Å²) < 4.78 is 6.02. The van der Waals surface area contributed by atoms with Gasteiger partial charge in [0.25, 0.3) is 0 Å². The number of carbonyl (C=O) groups is 1. The first-order valence-corrected chi connectivity index (χ1v) is 10.2. The highest BCUT2D eigenvalue weighted by Gasteiger charge is 2.34. The highest BCUT2D eigenvalue weighted by molar-refractivity contribution is 7.99. The van der Waals surface area contributed by atoms with E-state index in [4.69, 9.17) is 4.74 Å². The molecule has 134 valence electrons. The van der Waals surface area contributed by atoms with E-state index in [1.54, 1.807) is 0 Å². The third-order valence-corrected chi connectivity index (χ3v) is 6.34. The molecular formula is C23H19NO2S. The minimum atomic E-state index is -0.354. The molecule has 27 heavy (non-hydrogen) atoms. The van der Waals surface area contributed by atoms with Crippen molar-refractivity contribution in [1.29, 1.82) is 0 Å². The third-order valence-electron chi connectivity index (χ3n) is 5.22. The van der Waals surface area contributed by atoms with Gasteiger partial charge in [0.15, 0.2) is 0 Å². The van der Waals surface area contributed by atoms with Crippen LogP contribution in [-0.4, -0.2) is 11.7 Å². The average molecular weight is 373 g/mol. The molecule has 2 heterocycles. The van der Waals surface area contributed by atoms with Crippen LogP contribution in [0, 0.1) is 0 Å². The summed E-state index contributed by atoms with van der Waals surface area (Å²) in [5.41, 5.74) is 3.06. The summed E-state index contributed by atoms with van der Waals surface area (Å²) in [7, 11) is 0. The first kappa shape index (κ1) is 16.5. The molecule has 0 aromatic heterocycles. The van der Waals surface area contributed by atoms with Crippen LogP contribution in [0.1, 0.15) is 35.1 Å². The van der Waals surface area contributed by atoms with Crippen LogP contribution in [0.25, 0.3) is 0 Å². The zero-order valence-corrected chi connectivity index (χ0v) is 15.5. The summed E-state index contributed by atoms with van der Waals surface area (Å²) >= 11 is 1.86. The molecule has 1 atom stereocenters. The second-order valence-electron chi connectivity index (χ2n) is 6.85. The van der Waals surface area contributed by atoms with Gasteiger partial charge in [0.2, 0.25) is 5.91 Å². The lowest BCUT2D eigenvalue weighted by Gasteiger charge is -2.31. The van der Waals surface area contributed by atoms with Crippen LogP contribution in [0.5, 0.6) is 11.5 Å². The second-order valence-corrected chi connectivity index (χ2v) is 7.98. The Bertz CT molecular complexity index is 971. The number of amides is 1. The Labute approximate surface area is 162 Å². The Morgan fingerprint density at radius 2 is 1.44 bits per heavy atom. The normalized spacial score (nSPS) is 17.9. The molecule has 2 aliphatic heterocycles. The van der Waals surface area contributed by atoms with Crippen molar-refractivity contribution < 1.29 is 9.53 Å². The van der Waals surface area contributed by atoms with Gasteiger partial charge in [0.1, 0.15) is 11.5 Å². The standard InChI is InChI=1S/C23H19NO2S/c25-23(24-18-13-14-27-21-12-6-3-7-15(18)21)22-16-8-1-4-10-19(16)26-20-11-5-2-9-17(20)22/h1-12,18,22H,13-14H2,(H,24,25)/t18-/m0/s1. The molecule has 2 aliphatic rings. The molecule has 0 spiro atoms. The van der Waals surface area contributed by atoms with Crippen molar-refractivity contribution >= 4 is 17.7 Å². The summed E-state index contributed by atoms with van der Waals surface area (Å²) in [6.07, 6.45) is 0.944. The molecule has 1 N–H and O–H groups in total. The maximum Gasteiger partial charge on any atom is 0.232 e. The smallest absolute Gasteiger partial charge is 0.232 e. The Hall–Kier alpha value is -2.72. The topological polar surface area (TPSA) is 38.3 Å². The van der Waals surface area contributed by atoms with Gasteiger partial charge in [0, 0.05) is 21.8 Å². The van der Waals surface area contributed by atoms with Crippen molar-refractivity contribution in [2.75, 3.05) is 5.75 Å². The van der Waals surface area contributed by atoms with Crippen LogP contribution in [0.2, 0.25) is 0 Å². The van der Waals surface area contributed by atoms with Gasteiger partial charge in [-0.3, -0.25) is 4.79 Å². The third kappa shape index (κ3) is 2.90. The molecule has 3 aromatic rings. The number of hydrogen-bond acceptors (Lipinski definition) is 3. The average Bonchev–Trinajstić information content (AvgIpc) is 2.72. The van der Waals surface area contributed by atoms with Crippen molar-refractivity contribution in [2.45, 2.75) is 23.3 Å². The minimum absolute atomic E-state index is 0.0323. The van der Waals surface area contributed by atoms with E-state index in [-0.39, 0.29) is 17.9 Å². The van der Waals surface area contributed by atoms with E-state index in [1.807, 2.05) is 66.4 Å². The minimum Gasteiger partial charge on any atom is -0.457 e. The van der Waals surface area contributed by atoms with E-state index in [0.29, 0.717) is 0 Å². The Morgan fingerprint density at radius 1 is 0.852 bits per heavy atom. The summed E-state index contributed by atoms with van der Waals surface area (Å²) in [4.78, 5) is 14.7. The number of para-hydroxylation sites is 2. The number of rotatable bonds is 2. The Morgan fingerprint density at radius 3 is 2.15 bits per heavy atom. The van der Waals surface area contributed by atoms with Gasteiger partial charge in [-0.25, -0.2) is 0 Å². The molecule has 0 aliphatic carbocycles. The number of benzene rings is 3. The van der Waals surface area contributed by atoms with Crippen molar-refractivity contribution in [3.05, 3.63) is 89.5 Å². The molecule has 0 bridgehead atoms. The molecule has 0 saturated heterocycles.